The molecular weight excluding hydrogens is 334 g/mol. The number of hydrogen-bond acceptors (Lipinski definition) is 5. The first kappa shape index (κ1) is 18.0. The molecule has 1 aromatic heterocycles. The number of aromatic nitrogens is 2. The molecule has 0 bridgehead atoms. The molecule has 1 aromatic carbocycles. The Bertz CT molecular complexity index is 786. The predicted molar refractivity (Wildman–Crippen MR) is 94.8 cm³/mol. The van der Waals surface area contributed by atoms with Gasteiger partial charge in [0.2, 0.25) is 5.91 Å². The molecule has 3 rings (SSSR count). The van der Waals surface area contributed by atoms with Gasteiger partial charge in [-0.2, -0.15) is 5.10 Å². The minimum absolute atomic E-state index is 0.00485. The molecule has 0 saturated carbocycles. The predicted octanol–water partition coefficient (Wildman–Crippen LogP) is 1.95. The van der Waals surface area contributed by atoms with E-state index in [0.717, 1.165) is 17.0 Å². The van der Waals surface area contributed by atoms with Crippen LogP contribution in [-0.4, -0.2) is 46.3 Å². The maximum atomic E-state index is 12.5. The van der Waals surface area contributed by atoms with Gasteiger partial charge in [-0.25, -0.2) is 4.79 Å². The second-order valence-corrected chi connectivity index (χ2v) is 6.09. The number of esters is 1. The van der Waals surface area contributed by atoms with Gasteiger partial charge in [0.05, 0.1) is 25.3 Å². The molecule has 1 aliphatic heterocycles. The zero-order valence-electron chi connectivity index (χ0n) is 15.1. The second kappa shape index (κ2) is 8.03. The molecule has 0 N–H and O–H groups in total. The summed E-state index contributed by atoms with van der Waals surface area (Å²) >= 11 is 0. The highest BCUT2D eigenvalue weighted by atomic mass is 16.5. The third-order valence-electron chi connectivity index (χ3n) is 4.35. The minimum Gasteiger partial charge on any atom is -0.493 e. The van der Waals surface area contributed by atoms with Crippen molar-refractivity contribution in [3.63, 3.8) is 0 Å². The van der Waals surface area contributed by atoms with E-state index in [9.17, 15) is 9.59 Å². The van der Waals surface area contributed by atoms with Gasteiger partial charge in [0, 0.05) is 32.1 Å². The number of hydrogen-bond donors (Lipinski definition) is 0. The van der Waals surface area contributed by atoms with E-state index in [1.807, 2.05) is 30.3 Å². The largest absolute Gasteiger partial charge is 0.493 e. The molecule has 0 fully saturated rings. The van der Waals surface area contributed by atoms with E-state index in [-0.39, 0.29) is 5.91 Å². The lowest BCUT2D eigenvalue weighted by molar-refractivity contribution is -0.132. The summed E-state index contributed by atoms with van der Waals surface area (Å²) in [5.74, 6) is 0.355. The van der Waals surface area contributed by atoms with Gasteiger partial charge in [-0.1, -0.05) is 18.2 Å². The smallest absolute Gasteiger partial charge is 0.356 e. The standard InChI is InChI=1S/C19H23N3O4/c1-3-25-19(24)18-15-13-22(11-9-16(15)20-21(18)2)17(23)10-12-26-14-7-5-4-6-8-14/h4-8H,3,9-13H2,1-2H3. The van der Waals surface area contributed by atoms with E-state index in [2.05, 4.69) is 5.10 Å². The van der Waals surface area contributed by atoms with Crippen molar-refractivity contribution in [3.8, 4) is 5.75 Å². The van der Waals surface area contributed by atoms with Crippen molar-refractivity contribution in [3.05, 3.63) is 47.3 Å². The first-order valence-corrected chi connectivity index (χ1v) is 8.77. The van der Waals surface area contributed by atoms with Crippen LogP contribution in [0.25, 0.3) is 0 Å². The molecule has 7 nitrogen and oxygen atoms in total. The molecular formula is C19H23N3O4. The summed E-state index contributed by atoms with van der Waals surface area (Å²) in [6, 6.07) is 9.42. The highest BCUT2D eigenvalue weighted by Gasteiger charge is 2.29. The minimum atomic E-state index is -0.398. The lowest BCUT2D eigenvalue weighted by Crippen LogP contribution is -2.37. The number of aryl methyl sites for hydroxylation is 1. The maximum absolute atomic E-state index is 12.5. The van der Waals surface area contributed by atoms with Crippen LogP contribution in [0.1, 0.15) is 35.1 Å². The Labute approximate surface area is 152 Å². The van der Waals surface area contributed by atoms with Crippen molar-refractivity contribution in [1.29, 1.82) is 0 Å². The fraction of sp³-hybridized carbons (Fsp3) is 0.421. The zero-order chi connectivity index (χ0) is 18.5. The van der Waals surface area contributed by atoms with Crippen LogP contribution in [-0.2, 0) is 29.5 Å². The Hall–Kier alpha value is -2.83. The number of para-hydroxylation sites is 1. The summed E-state index contributed by atoms with van der Waals surface area (Å²) in [5.41, 5.74) is 2.08. The van der Waals surface area contributed by atoms with Crippen LogP contribution >= 0.6 is 0 Å². The van der Waals surface area contributed by atoms with E-state index >= 15 is 0 Å². The fourth-order valence-electron chi connectivity index (χ4n) is 3.10. The van der Waals surface area contributed by atoms with Gasteiger partial charge >= 0.3 is 5.97 Å². The van der Waals surface area contributed by atoms with Crippen molar-refractivity contribution in [1.82, 2.24) is 14.7 Å². The van der Waals surface area contributed by atoms with Gasteiger partial charge in [0.15, 0.2) is 5.69 Å². The molecule has 0 unspecified atom stereocenters. The lowest BCUT2D eigenvalue weighted by Gasteiger charge is -2.27. The first-order chi connectivity index (χ1) is 12.6. The van der Waals surface area contributed by atoms with Crippen LogP contribution < -0.4 is 4.74 Å². The molecule has 0 spiro atoms. The molecule has 1 amide bonds. The van der Waals surface area contributed by atoms with Crippen LogP contribution in [0.3, 0.4) is 0 Å². The Morgan fingerprint density at radius 3 is 2.73 bits per heavy atom. The average Bonchev–Trinajstić information content (AvgIpc) is 2.97. The Morgan fingerprint density at radius 1 is 1.23 bits per heavy atom. The summed E-state index contributed by atoms with van der Waals surface area (Å²) in [5, 5.41) is 4.40. The topological polar surface area (TPSA) is 73.7 Å². The summed E-state index contributed by atoms with van der Waals surface area (Å²) < 4.78 is 12.3. The molecule has 0 atom stereocenters. The Kier molecular flexibility index (Phi) is 5.55. The van der Waals surface area contributed by atoms with Crippen molar-refractivity contribution in [2.75, 3.05) is 19.8 Å². The molecule has 26 heavy (non-hydrogen) atoms. The summed E-state index contributed by atoms with van der Waals surface area (Å²) in [4.78, 5) is 26.5. The van der Waals surface area contributed by atoms with Crippen molar-refractivity contribution < 1.29 is 19.1 Å². The van der Waals surface area contributed by atoms with Crippen LogP contribution in [0.2, 0.25) is 0 Å². The fourth-order valence-corrected chi connectivity index (χ4v) is 3.10. The van der Waals surface area contributed by atoms with Crippen LogP contribution in [0.4, 0.5) is 0 Å². The van der Waals surface area contributed by atoms with E-state index in [0.29, 0.717) is 44.8 Å². The monoisotopic (exact) mass is 357 g/mol. The van der Waals surface area contributed by atoms with Crippen LogP contribution in [0, 0.1) is 0 Å². The van der Waals surface area contributed by atoms with Gasteiger partial charge in [0.1, 0.15) is 5.75 Å². The number of rotatable bonds is 6. The molecule has 0 aliphatic carbocycles. The SMILES string of the molecule is CCOC(=O)c1c2c(nn1C)CCN(C(=O)CCOc1ccccc1)C2. The van der Waals surface area contributed by atoms with Gasteiger partial charge in [-0.05, 0) is 19.1 Å². The van der Waals surface area contributed by atoms with E-state index < -0.39 is 5.97 Å². The normalized spacial score (nSPS) is 13.2. The van der Waals surface area contributed by atoms with Gasteiger partial charge < -0.3 is 14.4 Å². The van der Waals surface area contributed by atoms with Crippen molar-refractivity contribution >= 4 is 11.9 Å². The highest BCUT2D eigenvalue weighted by Crippen LogP contribution is 2.23. The zero-order valence-corrected chi connectivity index (χ0v) is 15.1. The molecule has 2 heterocycles. The molecule has 138 valence electrons. The van der Waals surface area contributed by atoms with Gasteiger partial charge in [-0.15, -0.1) is 0 Å². The van der Waals surface area contributed by atoms with Gasteiger partial charge in [-0.3, -0.25) is 9.48 Å². The van der Waals surface area contributed by atoms with E-state index in [1.54, 1.807) is 23.6 Å². The molecule has 2 aromatic rings. The number of benzene rings is 1. The summed E-state index contributed by atoms with van der Waals surface area (Å²) in [6.45, 7) is 3.36. The average molecular weight is 357 g/mol. The second-order valence-electron chi connectivity index (χ2n) is 6.09. The van der Waals surface area contributed by atoms with Crippen molar-refractivity contribution in [2.45, 2.75) is 26.3 Å². The van der Waals surface area contributed by atoms with E-state index in [1.165, 1.54) is 0 Å². The highest BCUT2D eigenvalue weighted by molar-refractivity contribution is 5.90. The maximum Gasteiger partial charge on any atom is 0.356 e. The number of fused-ring (bicyclic) bond motifs is 1. The lowest BCUT2D eigenvalue weighted by atomic mass is 10.0. The third-order valence-corrected chi connectivity index (χ3v) is 4.35. The molecule has 7 heteroatoms. The van der Waals surface area contributed by atoms with Crippen molar-refractivity contribution in [2.24, 2.45) is 7.05 Å². The third kappa shape index (κ3) is 3.87. The first-order valence-electron chi connectivity index (χ1n) is 8.77. The number of carbonyl (C=O) groups excluding carboxylic acids is 2. The molecule has 0 radical (unpaired) electrons. The number of nitrogens with zero attached hydrogens (tertiary/aromatic N) is 3. The Morgan fingerprint density at radius 2 is 2.00 bits per heavy atom. The van der Waals surface area contributed by atoms with Crippen LogP contribution in [0.5, 0.6) is 5.75 Å². The summed E-state index contributed by atoms with van der Waals surface area (Å²) in [7, 11) is 1.73. The number of ether oxygens (including phenoxy) is 2. The number of carbonyl (C=O) groups is 2. The summed E-state index contributed by atoms with van der Waals surface area (Å²) in [6.07, 6.45) is 0.924. The molecule has 0 saturated heterocycles. The number of amides is 1. The quantitative estimate of drug-likeness (QED) is 0.739. The van der Waals surface area contributed by atoms with Gasteiger partial charge in [0.25, 0.3) is 0 Å². The van der Waals surface area contributed by atoms with E-state index in [4.69, 9.17) is 9.47 Å². The Balaban J connectivity index is 1.62. The van der Waals surface area contributed by atoms with Crippen LogP contribution in [0.15, 0.2) is 30.3 Å². The molecule has 1 aliphatic rings.